The Hall–Kier alpha value is -1.53. The summed E-state index contributed by atoms with van der Waals surface area (Å²) in [5.41, 5.74) is 6.19. The van der Waals surface area contributed by atoms with E-state index in [9.17, 15) is 0 Å². The normalized spacial score (nSPS) is 11.3. The summed E-state index contributed by atoms with van der Waals surface area (Å²) >= 11 is 6.72. The van der Waals surface area contributed by atoms with Crippen LogP contribution in [0.4, 0.5) is 5.82 Å². The fourth-order valence-corrected chi connectivity index (χ4v) is 2.70. The maximum atomic E-state index is 5.64. The zero-order valence-corrected chi connectivity index (χ0v) is 12.5. The minimum Gasteiger partial charge on any atom is -0.388 e. The molecule has 4 nitrogen and oxygen atoms in total. The van der Waals surface area contributed by atoms with Crippen LogP contribution >= 0.6 is 23.6 Å². The summed E-state index contributed by atoms with van der Waals surface area (Å²) in [4.78, 5) is 9.97. The third-order valence-electron chi connectivity index (χ3n) is 2.82. The van der Waals surface area contributed by atoms with Gasteiger partial charge in [0.05, 0.1) is 0 Å². The van der Waals surface area contributed by atoms with Gasteiger partial charge in [0.15, 0.2) is 5.82 Å². The molecule has 0 radical (unpaired) electrons. The van der Waals surface area contributed by atoms with Gasteiger partial charge in [-0.25, -0.2) is 9.97 Å². The van der Waals surface area contributed by atoms with E-state index in [4.69, 9.17) is 18.0 Å². The summed E-state index contributed by atoms with van der Waals surface area (Å²) < 4.78 is 0. The number of hydrogen-bond donors (Lipinski definition) is 2. The van der Waals surface area contributed by atoms with Crippen LogP contribution in [0.15, 0.2) is 29.9 Å². The summed E-state index contributed by atoms with van der Waals surface area (Å²) in [6.45, 7) is 5.10. The molecule has 0 unspecified atom stereocenters. The summed E-state index contributed by atoms with van der Waals surface area (Å²) in [5, 5.41) is 5.37. The molecule has 0 bridgehead atoms. The number of hydrogen-bond acceptors (Lipinski definition) is 5. The molecule has 0 saturated heterocycles. The highest BCUT2D eigenvalue weighted by Gasteiger charge is 2.22. The van der Waals surface area contributed by atoms with Gasteiger partial charge in [-0.1, -0.05) is 32.1 Å². The van der Waals surface area contributed by atoms with E-state index in [-0.39, 0.29) is 10.4 Å². The maximum Gasteiger partial charge on any atom is 0.155 e. The molecule has 2 rings (SSSR count). The Labute approximate surface area is 122 Å². The number of nitrogens with two attached hydrogens (primary N) is 1. The molecular weight excluding hydrogens is 276 g/mol. The Morgan fingerprint density at radius 3 is 2.79 bits per heavy atom. The molecule has 3 N–H and O–H groups in total. The SMILES string of the molecule is CC(C)(CNc1nccnc1C(N)=S)c1cccs1. The van der Waals surface area contributed by atoms with Gasteiger partial charge in [-0.05, 0) is 11.4 Å². The van der Waals surface area contributed by atoms with Gasteiger partial charge < -0.3 is 11.1 Å². The lowest BCUT2D eigenvalue weighted by Crippen LogP contribution is -2.28. The first-order chi connectivity index (χ1) is 9.00. The van der Waals surface area contributed by atoms with Crippen LogP contribution < -0.4 is 11.1 Å². The third kappa shape index (κ3) is 3.27. The maximum absolute atomic E-state index is 5.64. The van der Waals surface area contributed by atoms with Crippen molar-refractivity contribution in [3.05, 3.63) is 40.5 Å². The standard InChI is InChI=1S/C13H16N4S2/c1-13(2,9-4-3-7-19-9)8-17-12-10(11(14)18)15-5-6-16-12/h3-7H,8H2,1-2H3,(H2,14,18)(H,16,17). The Bertz CT molecular complexity index is 564. The molecule has 19 heavy (non-hydrogen) atoms. The number of rotatable bonds is 5. The van der Waals surface area contributed by atoms with Crippen molar-refractivity contribution in [2.24, 2.45) is 5.73 Å². The summed E-state index contributed by atoms with van der Waals surface area (Å²) in [6.07, 6.45) is 3.21. The highest BCUT2D eigenvalue weighted by Crippen LogP contribution is 2.27. The lowest BCUT2D eigenvalue weighted by Gasteiger charge is -2.24. The second-order valence-corrected chi connectivity index (χ2v) is 6.22. The first-order valence-electron chi connectivity index (χ1n) is 5.89. The molecule has 0 aliphatic heterocycles. The van der Waals surface area contributed by atoms with Crippen molar-refractivity contribution in [1.29, 1.82) is 0 Å². The van der Waals surface area contributed by atoms with Crippen molar-refractivity contribution in [2.75, 3.05) is 11.9 Å². The second-order valence-electron chi connectivity index (χ2n) is 4.83. The molecule has 0 spiro atoms. The average molecular weight is 292 g/mol. The zero-order valence-electron chi connectivity index (χ0n) is 10.9. The molecule has 0 atom stereocenters. The van der Waals surface area contributed by atoms with Crippen molar-refractivity contribution in [3.8, 4) is 0 Å². The quantitative estimate of drug-likeness (QED) is 0.829. The number of aromatic nitrogens is 2. The lowest BCUT2D eigenvalue weighted by atomic mass is 9.91. The van der Waals surface area contributed by atoms with Crippen LogP contribution in [0.2, 0.25) is 0 Å². The summed E-state index contributed by atoms with van der Waals surface area (Å²) in [7, 11) is 0. The number of thiocarbonyl (C=S) groups is 1. The van der Waals surface area contributed by atoms with Gasteiger partial charge in [0.1, 0.15) is 10.7 Å². The number of thiophene rings is 1. The smallest absolute Gasteiger partial charge is 0.155 e. The molecule has 0 aliphatic rings. The van der Waals surface area contributed by atoms with E-state index in [1.54, 1.807) is 23.7 Å². The number of nitrogens with zero attached hydrogens (tertiary/aromatic N) is 2. The van der Waals surface area contributed by atoms with Crippen LogP contribution in [0.25, 0.3) is 0 Å². The number of anilines is 1. The molecule has 2 aromatic rings. The highest BCUT2D eigenvalue weighted by atomic mass is 32.1. The first-order valence-corrected chi connectivity index (χ1v) is 7.18. The summed E-state index contributed by atoms with van der Waals surface area (Å²) in [5.74, 6) is 0.639. The van der Waals surface area contributed by atoms with Crippen molar-refractivity contribution in [1.82, 2.24) is 9.97 Å². The van der Waals surface area contributed by atoms with E-state index >= 15 is 0 Å². The van der Waals surface area contributed by atoms with E-state index in [2.05, 4.69) is 46.6 Å². The average Bonchev–Trinajstić information content (AvgIpc) is 2.91. The fourth-order valence-electron chi connectivity index (χ4n) is 1.70. The molecule has 0 aromatic carbocycles. The van der Waals surface area contributed by atoms with Crippen LogP contribution in [0.3, 0.4) is 0 Å². The van der Waals surface area contributed by atoms with Gasteiger partial charge in [0.25, 0.3) is 0 Å². The van der Waals surface area contributed by atoms with Gasteiger partial charge in [0, 0.05) is 29.2 Å². The van der Waals surface area contributed by atoms with Crippen LogP contribution in [-0.2, 0) is 5.41 Å². The summed E-state index contributed by atoms with van der Waals surface area (Å²) in [6, 6.07) is 4.20. The minimum atomic E-state index is 0.0131. The third-order valence-corrected chi connectivity index (χ3v) is 4.25. The van der Waals surface area contributed by atoms with E-state index in [0.717, 1.165) is 6.54 Å². The molecule has 2 heterocycles. The Morgan fingerprint density at radius 2 is 2.16 bits per heavy atom. The van der Waals surface area contributed by atoms with Crippen LogP contribution in [0.1, 0.15) is 24.4 Å². The van der Waals surface area contributed by atoms with Crippen molar-refractivity contribution in [2.45, 2.75) is 19.3 Å². The molecule has 0 aliphatic carbocycles. The molecular formula is C13H16N4S2. The largest absolute Gasteiger partial charge is 0.388 e. The molecule has 6 heteroatoms. The monoisotopic (exact) mass is 292 g/mol. The molecule has 100 valence electrons. The van der Waals surface area contributed by atoms with Gasteiger partial charge in [-0.3, -0.25) is 0 Å². The van der Waals surface area contributed by atoms with Crippen molar-refractivity contribution in [3.63, 3.8) is 0 Å². The fraction of sp³-hybridized carbons (Fsp3) is 0.308. The van der Waals surface area contributed by atoms with Crippen molar-refractivity contribution >= 4 is 34.4 Å². The molecule has 2 aromatic heterocycles. The van der Waals surface area contributed by atoms with E-state index in [1.165, 1.54) is 4.88 Å². The Kier molecular flexibility index (Phi) is 4.11. The minimum absolute atomic E-state index is 0.0131. The predicted molar refractivity (Wildman–Crippen MR) is 83.8 cm³/mol. The van der Waals surface area contributed by atoms with E-state index in [0.29, 0.717) is 11.5 Å². The topological polar surface area (TPSA) is 63.8 Å². The molecule has 0 amide bonds. The van der Waals surface area contributed by atoms with Gasteiger partial charge in [0.2, 0.25) is 0 Å². The molecule has 0 fully saturated rings. The predicted octanol–water partition coefficient (Wildman–Crippen LogP) is 2.56. The first kappa shape index (κ1) is 13.9. The van der Waals surface area contributed by atoms with Crippen molar-refractivity contribution < 1.29 is 0 Å². The van der Waals surface area contributed by atoms with Crippen LogP contribution in [0.5, 0.6) is 0 Å². The van der Waals surface area contributed by atoms with Crippen LogP contribution in [-0.4, -0.2) is 21.5 Å². The highest BCUT2D eigenvalue weighted by molar-refractivity contribution is 7.80. The zero-order chi connectivity index (χ0) is 13.9. The second kappa shape index (κ2) is 5.63. The van der Waals surface area contributed by atoms with E-state index in [1.807, 2.05) is 0 Å². The van der Waals surface area contributed by atoms with Gasteiger partial charge in [-0.2, -0.15) is 0 Å². The lowest BCUT2D eigenvalue weighted by molar-refractivity contribution is 0.568. The van der Waals surface area contributed by atoms with E-state index < -0.39 is 0 Å². The molecule has 0 saturated carbocycles. The van der Waals surface area contributed by atoms with Gasteiger partial charge in [-0.15, -0.1) is 11.3 Å². The van der Waals surface area contributed by atoms with Gasteiger partial charge >= 0.3 is 0 Å². The van der Waals surface area contributed by atoms with Crippen LogP contribution in [0, 0.1) is 0 Å². The number of nitrogens with one attached hydrogen (secondary N) is 1. The Balaban J connectivity index is 2.13. The Morgan fingerprint density at radius 1 is 1.42 bits per heavy atom.